The molecule has 0 aromatic heterocycles. The standard InChI is InChI=1S/C18H27N3O4/c1-11(2)19-16(23)17(24)21-20-15(22)12(3)25-14-9-7-13(8-10-14)18(4,5)6/h7-12H,1-6H3,(H,19,23)(H,20,22)(H,21,24)/t12-/m1/s1. The second-order valence-electron chi connectivity index (χ2n) is 7.11. The van der Waals surface area contributed by atoms with Crippen molar-refractivity contribution in [1.82, 2.24) is 16.2 Å². The van der Waals surface area contributed by atoms with Crippen LogP contribution in [0.1, 0.15) is 47.1 Å². The molecule has 0 unspecified atom stereocenters. The van der Waals surface area contributed by atoms with Crippen molar-refractivity contribution in [1.29, 1.82) is 0 Å². The third kappa shape index (κ3) is 6.82. The lowest BCUT2D eigenvalue weighted by molar-refractivity contribution is -0.141. The van der Waals surface area contributed by atoms with E-state index in [1.807, 2.05) is 12.1 Å². The highest BCUT2D eigenvalue weighted by Gasteiger charge is 2.19. The van der Waals surface area contributed by atoms with Gasteiger partial charge in [-0.3, -0.25) is 25.2 Å². The van der Waals surface area contributed by atoms with Gasteiger partial charge in [0.15, 0.2) is 6.10 Å². The molecule has 0 saturated carbocycles. The molecule has 3 N–H and O–H groups in total. The first-order chi connectivity index (χ1) is 11.5. The molecule has 25 heavy (non-hydrogen) atoms. The van der Waals surface area contributed by atoms with Gasteiger partial charge >= 0.3 is 11.8 Å². The Labute approximate surface area is 148 Å². The Kier molecular flexibility index (Phi) is 6.97. The van der Waals surface area contributed by atoms with Gasteiger partial charge in [0.2, 0.25) is 0 Å². The summed E-state index contributed by atoms with van der Waals surface area (Å²) >= 11 is 0. The minimum absolute atomic E-state index is 0.0301. The molecule has 0 fully saturated rings. The summed E-state index contributed by atoms with van der Waals surface area (Å²) in [4.78, 5) is 34.9. The molecule has 138 valence electrons. The highest BCUT2D eigenvalue weighted by atomic mass is 16.5. The Balaban J connectivity index is 2.51. The van der Waals surface area contributed by atoms with E-state index in [0.29, 0.717) is 5.75 Å². The van der Waals surface area contributed by atoms with E-state index in [2.05, 4.69) is 36.9 Å². The monoisotopic (exact) mass is 349 g/mol. The van der Waals surface area contributed by atoms with E-state index in [0.717, 1.165) is 5.56 Å². The van der Waals surface area contributed by atoms with Gasteiger partial charge in [-0.15, -0.1) is 0 Å². The SMILES string of the molecule is CC(C)NC(=O)C(=O)NNC(=O)[C@@H](C)Oc1ccc(C(C)(C)C)cc1. The zero-order valence-corrected chi connectivity index (χ0v) is 15.6. The van der Waals surface area contributed by atoms with E-state index < -0.39 is 23.8 Å². The van der Waals surface area contributed by atoms with E-state index in [-0.39, 0.29) is 11.5 Å². The summed E-state index contributed by atoms with van der Waals surface area (Å²) in [5.74, 6) is -1.78. The zero-order chi connectivity index (χ0) is 19.2. The molecule has 0 bridgehead atoms. The first kappa shape index (κ1) is 20.5. The van der Waals surface area contributed by atoms with Crippen molar-refractivity contribution in [3.63, 3.8) is 0 Å². The smallest absolute Gasteiger partial charge is 0.327 e. The van der Waals surface area contributed by atoms with Crippen molar-refractivity contribution in [2.24, 2.45) is 0 Å². The molecule has 0 radical (unpaired) electrons. The van der Waals surface area contributed by atoms with E-state index in [9.17, 15) is 14.4 Å². The quantitative estimate of drug-likeness (QED) is 0.566. The number of amides is 3. The van der Waals surface area contributed by atoms with Crippen LogP contribution < -0.4 is 20.9 Å². The van der Waals surface area contributed by atoms with Crippen molar-refractivity contribution in [2.45, 2.75) is 59.1 Å². The fraction of sp³-hybridized carbons (Fsp3) is 0.500. The van der Waals surface area contributed by atoms with Crippen molar-refractivity contribution in [3.05, 3.63) is 29.8 Å². The molecule has 0 saturated heterocycles. The first-order valence-electron chi connectivity index (χ1n) is 8.18. The van der Waals surface area contributed by atoms with E-state index >= 15 is 0 Å². The lowest BCUT2D eigenvalue weighted by Crippen LogP contribution is -2.52. The lowest BCUT2D eigenvalue weighted by Gasteiger charge is -2.20. The number of hydrogen-bond donors (Lipinski definition) is 3. The van der Waals surface area contributed by atoms with Crippen LogP contribution in [0, 0.1) is 0 Å². The van der Waals surface area contributed by atoms with Crippen LogP contribution in [0.15, 0.2) is 24.3 Å². The molecule has 1 rings (SSSR count). The molecule has 1 aromatic carbocycles. The van der Waals surface area contributed by atoms with E-state index in [4.69, 9.17) is 4.74 Å². The second-order valence-corrected chi connectivity index (χ2v) is 7.11. The maximum atomic E-state index is 11.9. The number of carbonyl (C=O) groups is 3. The van der Waals surface area contributed by atoms with Gasteiger partial charge in [0.1, 0.15) is 5.75 Å². The molecule has 1 atom stereocenters. The van der Waals surface area contributed by atoms with Gasteiger partial charge in [-0.1, -0.05) is 32.9 Å². The average Bonchev–Trinajstić information content (AvgIpc) is 2.51. The van der Waals surface area contributed by atoms with Crippen LogP contribution in [0.2, 0.25) is 0 Å². The van der Waals surface area contributed by atoms with Crippen LogP contribution >= 0.6 is 0 Å². The number of hydrogen-bond acceptors (Lipinski definition) is 4. The molecule has 7 heteroatoms. The third-order valence-electron chi connectivity index (χ3n) is 3.33. The van der Waals surface area contributed by atoms with Crippen LogP contribution in [0.3, 0.4) is 0 Å². The van der Waals surface area contributed by atoms with Gasteiger partial charge in [-0.2, -0.15) is 0 Å². The fourth-order valence-electron chi connectivity index (χ4n) is 1.90. The molecule has 7 nitrogen and oxygen atoms in total. The number of nitrogens with one attached hydrogen (secondary N) is 3. The van der Waals surface area contributed by atoms with Gasteiger partial charge in [0, 0.05) is 6.04 Å². The summed E-state index contributed by atoms with van der Waals surface area (Å²) in [5, 5.41) is 2.42. The maximum Gasteiger partial charge on any atom is 0.327 e. The van der Waals surface area contributed by atoms with Gasteiger partial charge in [0.25, 0.3) is 5.91 Å². The maximum absolute atomic E-state index is 11.9. The van der Waals surface area contributed by atoms with Crippen molar-refractivity contribution in [2.75, 3.05) is 0 Å². The van der Waals surface area contributed by atoms with Crippen molar-refractivity contribution in [3.8, 4) is 5.75 Å². The molecular weight excluding hydrogens is 322 g/mol. The van der Waals surface area contributed by atoms with Crippen LogP contribution in [-0.4, -0.2) is 29.9 Å². The summed E-state index contributed by atoms with van der Waals surface area (Å²) in [6.45, 7) is 11.3. The van der Waals surface area contributed by atoms with Gasteiger partial charge < -0.3 is 10.1 Å². The topological polar surface area (TPSA) is 96.5 Å². The number of rotatable bonds is 4. The molecular formula is C18H27N3O4. The van der Waals surface area contributed by atoms with Gasteiger partial charge in [0.05, 0.1) is 0 Å². The Bertz CT molecular complexity index is 618. The second kappa shape index (κ2) is 8.50. The fourth-order valence-corrected chi connectivity index (χ4v) is 1.90. The average molecular weight is 349 g/mol. The van der Waals surface area contributed by atoms with Crippen LogP contribution in [-0.2, 0) is 19.8 Å². The van der Waals surface area contributed by atoms with E-state index in [1.54, 1.807) is 32.9 Å². The molecule has 0 spiro atoms. The highest BCUT2D eigenvalue weighted by molar-refractivity contribution is 6.35. The van der Waals surface area contributed by atoms with Crippen LogP contribution in [0.25, 0.3) is 0 Å². The molecule has 0 aliphatic rings. The van der Waals surface area contributed by atoms with Gasteiger partial charge in [-0.25, -0.2) is 0 Å². The van der Waals surface area contributed by atoms with E-state index in [1.165, 1.54) is 0 Å². The van der Waals surface area contributed by atoms with Crippen LogP contribution in [0.4, 0.5) is 0 Å². The Morgan fingerprint density at radius 3 is 1.96 bits per heavy atom. The highest BCUT2D eigenvalue weighted by Crippen LogP contribution is 2.24. The number of carbonyl (C=O) groups excluding carboxylic acids is 3. The molecule has 0 aliphatic carbocycles. The minimum Gasteiger partial charge on any atom is -0.481 e. The number of hydrazine groups is 1. The first-order valence-corrected chi connectivity index (χ1v) is 8.18. The summed E-state index contributed by atoms with van der Waals surface area (Å²) < 4.78 is 5.54. The van der Waals surface area contributed by atoms with Crippen molar-refractivity contribution >= 4 is 17.7 Å². The molecule has 0 aliphatic heterocycles. The van der Waals surface area contributed by atoms with Crippen molar-refractivity contribution < 1.29 is 19.1 Å². The van der Waals surface area contributed by atoms with Gasteiger partial charge in [-0.05, 0) is 43.9 Å². The minimum atomic E-state index is -0.941. The predicted molar refractivity (Wildman–Crippen MR) is 94.8 cm³/mol. The number of ether oxygens (including phenoxy) is 1. The Hall–Kier alpha value is -2.57. The summed E-state index contributed by atoms with van der Waals surface area (Å²) in [6, 6.07) is 7.29. The summed E-state index contributed by atoms with van der Waals surface area (Å²) in [7, 11) is 0. The summed E-state index contributed by atoms with van der Waals surface area (Å²) in [6.07, 6.45) is -0.839. The Morgan fingerprint density at radius 2 is 1.48 bits per heavy atom. The Morgan fingerprint density at radius 1 is 0.920 bits per heavy atom. The van der Waals surface area contributed by atoms with Crippen LogP contribution in [0.5, 0.6) is 5.75 Å². The molecule has 1 aromatic rings. The molecule has 0 heterocycles. The summed E-state index contributed by atoms with van der Waals surface area (Å²) in [5.41, 5.74) is 5.40. The zero-order valence-electron chi connectivity index (χ0n) is 15.6. The largest absolute Gasteiger partial charge is 0.481 e. The number of benzene rings is 1. The lowest BCUT2D eigenvalue weighted by atomic mass is 9.87. The predicted octanol–water partition coefficient (Wildman–Crippen LogP) is 1.42. The molecule has 3 amide bonds. The third-order valence-corrected chi connectivity index (χ3v) is 3.33. The normalized spacial score (nSPS) is 12.3.